The molecule has 3 rings (SSSR count). The van der Waals surface area contributed by atoms with Crippen LogP contribution in [0.15, 0.2) is 5.16 Å². The Morgan fingerprint density at radius 1 is 1.31 bits per heavy atom. The minimum absolute atomic E-state index is 0.128. The molecule has 1 N–H and O–H groups in total. The molecule has 144 valence electrons. The largest absolute Gasteiger partial charge is 0.369 e. The number of ether oxygens (including phenoxy) is 3. The number of nitrogens with one attached hydrogen (secondary N) is 1. The molecule has 1 aliphatic heterocycles. The summed E-state index contributed by atoms with van der Waals surface area (Å²) in [5.74, 6) is 1.80. The van der Waals surface area contributed by atoms with Gasteiger partial charge in [-0.15, -0.1) is 11.3 Å². The van der Waals surface area contributed by atoms with E-state index in [9.17, 15) is 0 Å². The monoisotopic (exact) mass is 397 g/mol. The summed E-state index contributed by atoms with van der Waals surface area (Å²) in [4.78, 5) is 11.9. The average molecular weight is 398 g/mol. The van der Waals surface area contributed by atoms with Crippen molar-refractivity contribution in [3.8, 4) is 0 Å². The maximum Gasteiger partial charge on any atom is 0.190 e. The van der Waals surface area contributed by atoms with Gasteiger partial charge in [0, 0.05) is 25.5 Å². The number of hydrogen-bond acceptors (Lipinski definition) is 8. The fraction of sp³-hybridized carbons (Fsp3) is 0.667. The normalized spacial score (nSPS) is 19.9. The van der Waals surface area contributed by atoms with E-state index in [1.807, 2.05) is 0 Å². The van der Waals surface area contributed by atoms with Crippen molar-refractivity contribution in [2.75, 3.05) is 31.8 Å². The van der Waals surface area contributed by atoms with Crippen molar-refractivity contribution in [1.29, 1.82) is 0 Å². The molecule has 2 aromatic heterocycles. The summed E-state index contributed by atoms with van der Waals surface area (Å²) in [6, 6.07) is 0. The van der Waals surface area contributed by atoms with Crippen LogP contribution in [0.1, 0.15) is 37.6 Å². The first-order valence-corrected chi connectivity index (χ1v) is 10.7. The van der Waals surface area contributed by atoms with E-state index in [0.29, 0.717) is 13.2 Å². The van der Waals surface area contributed by atoms with Crippen molar-refractivity contribution in [2.24, 2.45) is 0 Å². The number of anilines is 1. The first-order chi connectivity index (χ1) is 12.5. The molecule has 8 heteroatoms. The summed E-state index contributed by atoms with van der Waals surface area (Å²) in [5, 5.41) is 5.34. The maximum atomic E-state index is 6.12. The molecule has 0 spiro atoms. The SMILES string of the molecule is CCSc1nc(NCC(OC)OC)c2c3c(sc2n1)COC(C)(CC)C3. The quantitative estimate of drug-likeness (QED) is 0.409. The van der Waals surface area contributed by atoms with Crippen molar-refractivity contribution in [3.63, 3.8) is 0 Å². The lowest BCUT2D eigenvalue weighted by atomic mass is 9.90. The van der Waals surface area contributed by atoms with Crippen LogP contribution in [-0.2, 0) is 27.2 Å². The third-order valence-corrected chi connectivity index (χ3v) is 6.63. The number of hydrogen-bond donors (Lipinski definition) is 1. The van der Waals surface area contributed by atoms with Gasteiger partial charge in [0.05, 0.1) is 24.1 Å². The number of aromatic nitrogens is 2. The number of thiophene rings is 1. The van der Waals surface area contributed by atoms with Crippen molar-refractivity contribution >= 4 is 39.1 Å². The van der Waals surface area contributed by atoms with Crippen LogP contribution in [0.2, 0.25) is 0 Å². The number of nitrogens with zero attached hydrogens (tertiary/aromatic N) is 2. The Morgan fingerprint density at radius 3 is 2.73 bits per heavy atom. The molecule has 6 nitrogen and oxygen atoms in total. The zero-order valence-electron chi connectivity index (χ0n) is 16.0. The van der Waals surface area contributed by atoms with E-state index in [1.165, 1.54) is 10.4 Å². The fourth-order valence-electron chi connectivity index (χ4n) is 3.04. The lowest BCUT2D eigenvalue weighted by Gasteiger charge is -2.33. The highest BCUT2D eigenvalue weighted by Crippen LogP contribution is 2.42. The second-order valence-electron chi connectivity index (χ2n) is 6.52. The average Bonchev–Trinajstić information content (AvgIpc) is 3.00. The Hall–Kier alpha value is -0.930. The lowest BCUT2D eigenvalue weighted by Crippen LogP contribution is -2.34. The molecule has 0 bridgehead atoms. The molecule has 0 saturated carbocycles. The Kier molecular flexibility index (Phi) is 6.40. The van der Waals surface area contributed by atoms with E-state index < -0.39 is 0 Å². The highest BCUT2D eigenvalue weighted by Gasteiger charge is 2.33. The summed E-state index contributed by atoms with van der Waals surface area (Å²) < 4.78 is 16.7. The van der Waals surface area contributed by atoms with E-state index in [0.717, 1.165) is 39.8 Å². The van der Waals surface area contributed by atoms with E-state index in [1.54, 1.807) is 37.3 Å². The smallest absolute Gasteiger partial charge is 0.190 e. The minimum atomic E-state index is -0.319. The van der Waals surface area contributed by atoms with Crippen LogP contribution in [0.4, 0.5) is 5.82 Å². The number of thioether (sulfide) groups is 1. The topological polar surface area (TPSA) is 65.5 Å². The fourth-order valence-corrected chi connectivity index (χ4v) is 4.77. The molecule has 1 aliphatic rings. The molecule has 2 aromatic rings. The van der Waals surface area contributed by atoms with Gasteiger partial charge in [-0.1, -0.05) is 25.6 Å². The third-order valence-electron chi connectivity index (χ3n) is 4.80. The van der Waals surface area contributed by atoms with Crippen molar-refractivity contribution in [2.45, 2.75) is 57.3 Å². The standard InChI is InChI=1S/C18H27N3O3S2/c1-6-18(3)8-11-12(10-24-18)26-16-14(11)15(19-9-13(22-4)23-5)20-17(21-16)25-7-2/h13H,6-10H2,1-5H3,(H,19,20,21). The summed E-state index contributed by atoms with van der Waals surface area (Å²) in [6.45, 7) is 7.64. The molecule has 1 atom stereocenters. The molecule has 3 heterocycles. The van der Waals surface area contributed by atoms with Crippen LogP contribution in [0.3, 0.4) is 0 Å². The minimum Gasteiger partial charge on any atom is -0.369 e. The Bertz CT molecular complexity index is 764. The van der Waals surface area contributed by atoms with E-state index in [-0.39, 0.29) is 11.9 Å². The van der Waals surface area contributed by atoms with Gasteiger partial charge in [0.2, 0.25) is 0 Å². The summed E-state index contributed by atoms with van der Waals surface area (Å²) in [5.41, 5.74) is 1.19. The Morgan fingerprint density at radius 2 is 2.08 bits per heavy atom. The van der Waals surface area contributed by atoms with Crippen LogP contribution in [0.5, 0.6) is 0 Å². The van der Waals surface area contributed by atoms with Gasteiger partial charge < -0.3 is 19.5 Å². The summed E-state index contributed by atoms with van der Waals surface area (Å²) in [7, 11) is 3.28. The molecule has 0 fully saturated rings. The first-order valence-electron chi connectivity index (χ1n) is 8.92. The zero-order valence-corrected chi connectivity index (χ0v) is 17.7. The van der Waals surface area contributed by atoms with Crippen molar-refractivity contribution < 1.29 is 14.2 Å². The number of fused-ring (bicyclic) bond motifs is 3. The number of rotatable bonds is 8. The molecular weight excluding hydrogens is 370 g/mol. The van der Waals surface area contributed by atoms with E-state index in [4.69, 9.17) is 24.2 Å². The van der Waals surface area contributed by atoms with Gasteiger partial charge >= 0.3 is 0 Å². The van der Waals surface area contributed by atoms with Gasteiger partial charge in [-0.3, -0.25) is 0 Å². The molecule has 0 saturated heterocycles. The van der Waals surface area contributed by atoms with Gasteiger partial charge in [0.1, 0.15) is 10.6 Å². The van der Waals surface area contributed by atoms with Gasteiger partial charge in [0.15, 0.2) is 11.4 Å². The van der Waals surface area contributed by atoms with Crippen LogP contribution < -0.4 is 5.32 Å². The van der Waals surface area contributed by atoms with E-state index >= 15 is 0 Å². The van der Waals surface area contributed by atoms with Crippen LogP contribution in [-0.4, -0.2) is 48.4 Å². The van der Waals surface area contributed by atoms with Crippen LogP contribution in [0.25, 0.3) is 10.2 Å². The van der Waals surface area contributed by atoms with Crippen molar-refractivity contribution in [1.82, 2.24) is 9.97 Å². The molecular formula is C18H27N3O3S2. The van der Waals surface area contributed by atoms with Gasteiger partial charge in [-0.2, -0.15) is 0 Å². The molecule has 0 aromatic carbocycles. The predicted octanol–water partition coefficient (Wildman–Crippen LogP) is 4.08. The molecule has 1 unspecified atom stereocenters. The second-order valence-corrected chi connectivity index (χ2v) is 8.84. The molecule has 0 aliphatic carbocycles. The second kappa shape index (κ2) is 8.39. The number of methoxy groups -OCH3 is 2. The predicted molar refractivity (Wildman–Crippen MR) is 107 cm³/mol. The van der Waals surface area contributed by atoms with Crippen molar-refractivity contribution in [3.05, 3.63) is 10.4 Å². The van der Waals surface area contributed by atoms with Gasteiger partial charge in [0.25, 0.3) is 0 Å². The van der Waals surface area contributed by atoms with Gasteiger partial charge in [-0.05, 0) is 24.7 Å². The van der Waals surface area contributed by atoms with Gasteiger partial charge in [-0.25, -0.2) is 9.97 Å². The lowest BCUT2D eigenvalue weighted by molar-refractivity contribution is -0.0914. The Balaban J connectivity index is 2.03. The highest BCUT2D eigenvalue weighted by molar-refractivity contribution is 7.99. The summed E-state index contributed by atoms with van der Waals surface area (Å²) >= 11 is 3.37. The third kappa shape index (κ3) is 3.99. The van der Waals surface area contributed by atoms with Crippen LogP contribution in [0, 0.1) is 0 Å². The molecule has 0 amide bonds. The highest BCUT2D eigenvalue weighted by atomic mass is 32.2. The maximum absolute atomic E-state index is 6.12. The summed E-state index contributed by atoms with van der Waals surface area (Å²) in [6.07, 6.45) is 1.54. The zero-order chi connectivity index (χ0) is 18.7. The Labute approximate surface area is 163 Å². The van der Waals surface area contributed by atoms with E-state index in [2.05, 4.69) is 26.1 Å². The molecule has 0 radical (unpaired) electrons. The molecule has 26 heavy (non-hydrogen) atoms. The first kappa shape index (κ1) is 19.8. The van der Waals surface area contributed by atoms with Crippen LogP contribution >= 0.6 is 23.1 Å².